The molecule has 1 heterocycles. The second-order valence-corrected chi connectivity index (χ2v) is 7.12. The molecule has 0 saturated carbocycles. The summed E-state index contributed by atoms with van der Waals surface area (Å²) in [4.78, 5) is 19.3. The van der Waals surface area contributed by atoms with Crippen LogP contribution >= 0.6 is 11.3 Å². The molecule has 0 fully saturated rings. The molecule has 0 radical (unpaired) electrons. The van der Waals surface area contributed by atoms with Crippen molar-refractivity contribution in [3.63, 3.8) is 0 Å². The van der Waals surface area contributed by atoms with Gasteiger partial charge in [-0.2, -0.15) is 0 Å². The van der Waals surface area contributed by atoms with E-state index >= 15 is 0 Å². The highest BCUT2D eigenvalue weighted by Crippen LogP contribution is 2.25. The van der Waals surface area contributed by atoms with E-state index in [1.165, 1.54) is 0 Å². The Morgan fingerprint density at radius 3 is 2.20 bits per heavy atom. The lowest BCUT2D eigenvalue weighted by atomic mass is 10.1. The van der Waals surface area contributed by atoms with Crippen LogP contribution in [0, 0.1) is 20.8 Å². The third kappa shape index (κ3) is 3.80. The molecule has 0 bridgehead atoms. The van der Waals surface area contributed by atoms with Crippen molar-refractivity contribution >= 4 is 22.9 Å². The van der Waals surface area contributed by atoms with E-state index in [0.717, 1.165) is 33.1 Å². The zero-order valence-electron chi connectivity index (χ0n) is 15.0. The highest BCUT2D eigenvalue weighted by Gasteiger charge is 2.17. The van der Waals surface area contributed by atoms with Gasteiger partial charge in [0.25, 0.3) is 5.91 Å². The molecule has 0 unspecified atom stereocenters. The first kappa shape index (κ1) is 17.4. The molecule has 3 nitrogen and oxygen atoms in total. The summed E-state index contributed by atoms with van der Waals surface area (Å²) >= 11 is 1.62. The first-order valence-corrected chi connectivity index (χ1v) is 9.28. The van der Waals surface area contributed by atoms with Gasteiger partial charge >= 0.3 is 0 Å². The lowest BCUT2D eigenvalue weighted by Crippen LogP contribution is -2.30. The number of carbonyl (C=O) groups excluding carboxylic acids is 1. The number of amides is 1. The third-order valence-corrected chi connectivity index (χ3v) is 5.09. The van der Waals surface area contributed by atoms with Gasteiger partial charge < -0.3 is 4.90 Å². The van der Waals surface area contributed by atoms with Crippen molar-refractivity contribution in [1.82, 2.24) is 4.98 Å². The first-order valence-electron chi connectivity index (χ1n) is 8.40. The number of carbonyl (C=O) groups is 1. The van der Waals surface area contributed by atoms with Crippen LogP contribution in [0.3, 0.4) is 0 Å². The highest BCUT2D eigenvalue weighted by atomic mass is 32.1. The molecule has 0 aliphatic heterocycles. The molecule has 1 aromatic heterocycles. The summed E-state index contributed by atoms with van der Waals surface area (Å²) in [6.45, 7) is 8.73. The van der Waals surface area contributed by atoms with Gasteiger partial charge in [0.1, 0.15) is 5.01 Å². The molecule has 4 heteroatoms. The van der Waals surface area contributed by atoms with Crippen LogP contribution in [0.15, 0.2) is 47.8 Å². The van der Waals surface area contributed by atoms with E-state index in [1.807, 2.05) is 48.4 Å². The number of anilines is 1. The Bertz CT molecular complexity index is 876. The predicted molar refractivity (Wildman–Crippen MR) is 106 cm³/mol. The van der Waals surface area contributed by atoms with Crippen LogP contribution in [0.25, 0.3) is 10.6 Å². The van der Waals surface area contributed by atoms with E-state index in [-0.39, 0.29) is 5.91 Å². The van der Waals surface area contributed by atoms with Gasteiger partial charge in [0.15, 0.2) is 0 Å². The van der Waals surface area contributed by atoms with Crippen molar-refractivity contribution in [3.8, 4) is 10.6 Å². The summed E-state index contributed by atoms with van der Waals surface area (Å²) in [5.41, 5.74) is 6.03. The summed E-state index contributed by atoms with van der Waals surface area (Å²) in [6, 6.07) is 14.0. The van der Waals surface area contributed by atoms with Crippen molar-refractivity contribution in [1.29, 1.82) is 0 Å². The normalized spacial score (nSPS) is 10.7. The van der Waals surface area contributed by atoms with E-state index in [9.17, 15) is 4.79 Å². The molecule has 3 rings (SSSR count). The number of aryl methyl sites for hydroxylation is 3. The largest absolute Gasteiger partial charge is 0.309 e. The van der Waals surface area contributed by atoms with E-state index in [1.54, 1.807) is 11.3 Å². The minimum atomic E-state index is 0.0226. The summed E-state index contributed by atoms with van der Waals surface area (Å²) in [5, 5.41) is 3.02. The van der Waals surface area contributed by atoms with Gasteiger partial charge in [-0.15, -0.1) is 11.3 Å². The van der Waals surface area contributed by atoms with Crippen LogP contribution in [-0.4, -0.2) is 17.4 Å². The molecule has 0 atom stereocenters. The average Bonchev–Trinajstić information content (AvgIpc) is 3.01. The number of hydrogen-bond acceptors (Lipinski definition) is 3. The molecule has 25 heavy (non-hydrogen) atoms. The molecule has 0 spiro atoms. The lowest BCUT2D eigenvalue weighted by Gasteiger charge is -2.22. The van der Waals surface area contributed by atoms with Crippen LogP contribution in [0.4, 0.5) is 5.69 Å². The van der Waals surface area contributed by atoms with Gasteiger partial charge in [0.05, 0.1) is 0 Å². The second kappa shape index (κ2) is 7.19. The molecule has 0 N–H and O–H groups in total. The Balaban J connectivity index is 1.88. The molecular formula is C21H22N2OS. The summed E-state index contributed by atoms with van der Waals surface area (Å²) in [6.07, 6.45) is 0. The lowest BCUT2D eigenvalue weighted by molar-refractivity contribution is 0.0988. The minimum absolute atomic E-state index is 0.0226. The van der Waals surface area contributed by atoms with Crippen LogP contribution in [-0.2, 0) is 0 Å². The SMILES string of the molecule is CCN(C(=O)c1ccc(-c2nc(C)cs2)cc1)c1cc(C)cc(C)c1. The maximum atomic E-state index is 13.0. The molecule has 1 amide bonds. The van der Waals surface area contributed by atoms with Gasteiger partial charge in [-0.25, -0.2) is 4.98 Å². The maximum Gasteiger partial charge on any atom is 0.258 e. The number of hydrogen-bond donors (Lipinski definition) is 0. The Hall–Kier alpha value is -2.46. The smallest absolute Gasteiger partial charge is 0.258 e. The van der Waals surface area contributed by atoms with Crippen LogP contribution in [0.2, 0.25) is 0 Å². The zero-order valence-corrected chi connectivity index (χ0v) is 15.9. The maximum absolute atomic E-state index is 13.0. The van der Waals surface area contributed by atoms with Gasteiger partial charge in [-0.05, 0) is 63.1 Å². The Labute approximate surface area is 153 Å². The summed E-state index contributed by atoms with van der Waals surface area (Å²) in [5.74, 6) is 0.0226. The third-order valence-electron chi connectivity index (χ3n) is 4.08. The summed E-state index contributed by atoms with van der Waals surface area (Å²) < 4.78 is 0. The molecule has 2 aromatic carbocycles. The van der Waals surface area contributed by atoms with Gasteiger partial charge in [-0.3, -0.25) is 4.79 Å². The van der Waals surface area contributed by atoms with Crippen molar-refractivity contribution in [3.05, 3.63) is 70.2 Å². The zero-order chi connectivity index (χ0) is 18.0. The predicted octanol–water partition coefficient (Wildman–Crippen LogP) is 5.40. The van der Waals surface area contributed by atoms with Crippen LogP contribution in [0.5, 0.6) is 0 Å². The molecule has 0 aliphatic carbocycles. The number of aromatic nitrogens is 1. The fraction of sp³-hybridized carbons (Fsp3) is 0.238. The second-order valence-electron chi connectivity index (χ2n) is 6.27. The molecule has 3 aromatic rings. The van der Waals surface area contributed by atoms with Crippen molar-refractivity contribution in [2.75, 3.05) is 11.4 Å². The van der Waals surface area contributed by atoms with E-state index in [0.29, 0.717) is 12.1 Å². The minimum Gasteiger partial charge on any atom is -0.309 e. The number of rotatable bonds is 4. The topological polar surface area (TPSA) is 33.2 Å². The molecule has 0 saturated heterocycles. The monoisotopic (exact) mass is 350 g/mol. The van der Waals surface area contributed by atoms with Crippen molar-refractivity contribution in [2.45, 2.75) is 27.7 Å². The van der Waals surface area contributed by atoms with E-state index in [2.05, 4.69) is 37.0 Å². The summed E-state index contributed by atoms with van der Waals surface area (Å²) in [7, 11) is 0. The van der Waals surface area contributed by atoms with Crippen LogP contribution in [0.1, 0.15) is 34.1 Å². The molecule has 128 valence electrons. The van der Waals surface area contributed by atoms with Crippen molar-refractivity contribution < 1.29 is 4.79 Å². The Morgan fingerprint density at radius 1 is 1.04 bits per heavy atom. The van der Waals surface area contributed by atoms with E-state index in [4.69, 9.17) is 0 Å². The Kier molecular flexibility index (Phi) is 5.00. The molecule has 0 aliphatic rings. The number of thiazole rings is 1. The number of nitrogens with zero attached hydrogens (tertiary/aromatic N) is 2. The Morgan fingerprint density at radius 2 is 1.68 bits per heavy atom. The van der Waals surface area contributed by atoms with Gasteiger partial charge in [-0.1, -0.05) is 18.2 Å². The fourth-order valence-electron chi connectivity index (χ4n) is 2.95. The highest BCUT2D eigenvalue weighted by molar-refractivity contribution is 7.13. The van der Waals surface area contributed by atoms with Crippen LogP contribution < -0.4 is 4.90 Å². The standard InChI is InChI=1S/C21H22N2OS/c1-5-23(19-11-14(2)10-15(3)12-19)21(24)18-8-6-17(7-9-18)20-22-16(4)13-25-20/h6-13H,5H2,1-4H3. The molecular weight excluding hydrogens is 328 g/mol. The van der Waals surface area contributed by atoms with Gasteiger partial charge in [0, 0.05) is 34.4 Å². The van der Waals surface area contributed by atoms with E-state index < -0.39 is 0 Å². The number of benzene rings is 2. The fourth-order valence-corrected chi connectivity index (χ4v) is 3.75. The van der Waals surface area contributed by atoms with Gasteiger partial charge in [0.2, 0.25) is 0 Å². The van der Waals surface area contributed by atoms with Crippen molar-refractivity contribution in [2.24, 2.45) is 0 Å². The first-order chi connectivity index (χ1) is 12.0. The quantitative estimate of drug-likeness (QED) is 0.631. The average molecular weight is 350 g/mol.